The zero-order valence-corrected chi connectivity index (χ0v) is 12.8. The Morgan fingerprint density at radius 3 is 2.33 bits per heavy atom. The van der Waals surface area contributed by atoms with Crippen LogP contribution in [0.5, 0.6) is 5.75 Å². The van der Waals surface area contributed by atoms with Crippen LogP contribution in [0, 0.1) is 17.5 Å². The summed E-state index contributed by atoms with van der Waals surface area (Å²) in [6.45, 7) is 2.24. The summed E-state index contributed by atoms with van der Waals surface area (Å²) < 4.78 is 45.9. The van der Waals surface area contributed by atoms with E-state index >= 15 is 0 Å². The molecule has 0 fully saturated rings. The Balaban J connectivity index is 2.48. The Labute approximate surface area is 128 Å². The first-order valence-electron chi connectivity index (χ1n) is 6.26. The summed E-state index contributed by atoms with van der Waals surface area (Å²) in [7, 11) is 0. The lowest BCUT2D eigenvalue weighted by Crippen LogP contribution is -2.15. The van der Waals surface area contributed by atoms with Gasteiger partial charge in [0.05, 0.1) is 12.6 Å². The predicted molar refractivity (Wildman–Crippen MR) is 77.7 cm³/mol. The Morgan fingerprint density at radius 2 is 1.76 bits per heavy atom. The molecule has 0 bridgehead atoms. The molecule has 112 valence electrons. The molecule has 0 aliphatic rings. The van der Waals surface area contributed by atoms with Gasteiger partial charge < -0.3 is 10.5 Å². The number of nitrogens with two attached hydrogens (primary N) is 1. The quantitative estimate of drug-likeness (QED) is 0.825. The summed E-state index contributed by atoms with van der Waals surface area (Å²) >= 11 is 3.31. The maximum atomic E-state index is 13.3. The van der Waals surface area contributed by atoms with Gasteiger partial charge in [-0.15, -0.1) is 0 Å². The van der Waals surface area contributed by atoms with Crippen molar-refractivity contribution in [3.8, 4) is 5.75 Å². The Kier molecular flexibility index (Phi) is 4.90. The van der Waals surface area contributed by atoms with Gasteiger partial charge in [0.15, 0.2) is 17.5 Å². The van der Waals surface area contributed by atoms with E-state index in [1.54, 1.807) is 18.2 Å². The number of halogens is 4. The van der Waals surface area contributed by atoms with E-state index in [0.717, 1.165) is 16.6 Å². The highest BCUT2D eigenvalue weighted by Crippen LogP contribution is 2.32. The standard InChI is InChI=1S/C15H13BrF3NO/c1-2-21-13-4-3-9(16)7-10(13)15(20)8-5-11(17)14(19)12(18)6-8/h3-7,15H,2,20H2,1H3. The third-order valence-electron chi connectivity index (χ3n) is 2.97. The lowest BCUT2D eigenvalue weighted by molar-refractivity contribution is 0.335. The van der Waals surface area contributed by atoms with Crippen LogP contribution in [0.3, 0.4) is 0 Å². The number of hydrogen-bond acceptors (Lipinski definition) is 2. The van der Waals surface area contributed by atoms with Crippen molar-refractivity contribution in [3.05, 3.63) is 63.4 Å². The first kappa shape index (κ1) is 15.9. The summed E-state index contributed by atoms with van der Waals surface area (Å²) in [5.74, 6) is -3.54. The lowest BCUT2D eigenvalue weighted by Gasteiger charge is -2.18. The molecule has 0 aliphatic carbocycles. The highest BCUT2D eigenvalue weighted by molar-refractivity contribution is 9.10. The maximum Gasteiger partial charge on any atom is 0.194 e. The predicted octanol–water partition coefficient (Wildman–Crippen LogP) is 4.31. The molecule has 2 rings (SSSR count). The maximum absolute atomic E-state index is 13.3. The normalized spacial score (nSPS) is 12.3. The minimum Gasteiger partial charge on any atom is -0.494 e. The summed E-state index contributed by atoms with van der Waals surface area (Å²) in [5, 5.41) is 0. The summed E-state index contributed by atoms with van der Waals surface area (Å²) in [5.41, 5.74) is 6.73. The first-order chi connectivity index (χ1) is 9.93. The number of ether oxygens (including phenoxy) is 1. The van der Waals surface area contributed by atoms with E-state index in [1.165, 1.54) is 0 Å². The van der Waals surface area contributed by atoms with Gasteiger partial charge in [-0.3, -0.25) is 0 Å². The minimum atomic E-state index is -1.51. The number of benzene rings is 2. The van der Waals surface area contributed by atoms with Gasteiger partial charge in [0.1, 0.15) is 5.75 Å². The summed E-state index contributed by atoms with van der Waals surface area (Å²) in [6.07, 6.45) is 0. The van der Waals surface area contributed by atoms with Crippen LogP contribution in [0.25, 0.3) is 0 Å². The summed E-state index contributed by atoms with van der Waals surface area (Å²) in [6, 6.07) is 6.12. The molecule has 2 nitrogen and oxygen atoms in total. The molecular weight excluding hydrogens is 347 g/mol. The zero-order chi connectivity index (χ0) is 15.6. The van der Waals surface area contributed by atoms with Crippen LogP contribution in [0.15, 0.2) is 34.8 Å². The van der Waals surface area contributed by atoms with Gasteiger partial charge in [-0.1, -0.05) is 15.9 Å². The van der Waals surface area contributed by atoms with Crippen molar-refractivity contribution in [1.82, 2.24) is 0 Å². The van der Waals surface area contributed by atoms with Crippen molar-refractivity contribution in [2.75, 3.05) is 6.61 Å². The molecule has 1 atom stereocenters. The molecule has 0 radical (unpaired) electrons. The Hall–Kier alpha value is -1.53. The number of rotatable bonds is 4. The SMILES string of the molecule is CCOc1ccc(Br)cc1C(N)c1cc(F)c(F)c(F)c1. The van der Waals surface area contributed by atoms with Gasteiger partial charge in [0, 0.05) is 10.0 Å². The third-order valence-corrected chi connectivity index (χ3v) is 3.47. The molecule has 2 aromatic carbocycles. The Bertz CT molecular complexity index is 640. The van der Waals surface area contributed by atoms with Crippen LogP contribution in [-0.2, 0) is 0 Å². The molecule has 21 heavy (non-hydrogen) atoms. The van der Waals surface area contributed by atoms with Gasteiger partial charge in [0.2, 0.25) is 0 Å². The van der Waals surface area contributed by atoms with Gasteiger partial charge >= 0.3 is 0 Å². The van der Waals surface area contributed by atoms with E-state index in [1.807, 2.05) is 6.92 Å². The zero-order valence-electron chi connectivity index (χ0n) is 11.2. The van der Waals surface area contributed by atoms with Crippen molar-refractivity contribution in [2.45, 2.75) is 13.0 Å². The molecule has 0 saturated heterocycles. The summed E-state index contributed by atoms with van der Waals surface area (Å²) in [4.78, 5) is 0. The van der Waals surface area contributed by atoms with Crippen LogP contribution in [0.2, 0.25) is 0 Å². The third kappa shape index (κ3) is 3.39. The molecule has 1 unspecified atom stereocenters. The molecular formula is C15H13BrF3NO. The molecule has 0 heterocycles. The topological polar surface area (TPSA) is 35.2 Å². The minimum absolute atomic E-state index is 0.130. The average molecular weight is 360 g/mol. The second-order valence-electron chi connectivity index (χ2n) is 4.39. The van der Waals surface area contributed by atoms with Gasteiger partial charge in [-0.2, -0.15) is 0 Å². The molecule has 0 aliphatic heterocycles. The monoisotopic (exact) mass is 359 g/mol. The van der Waals surface area contributed by atoms with Crippen LogP contribution in [0.1, 0.15) is 24.1 Å². The van der Waals surface area contributed by atoms with Gasteiger partial charge in [0.25, 0.3) is 0 Å². The highest BCUT2D eigenvalue weighted by atomic mass is 79.9. The van der Waals surface area contributed by atoms with E-state index in [9.17, 15) is 13.2 Å². The van der Waals surface area contributed by atoms with E-state index in [4.69, 9.17) is 10.5 Å². The van der Waals surface area contributed by atoms with Crippen LogP contribution in [0.4, 0.5) is 13.2 Å². The second kappa shape index (κ2) is 6.49. The van der Waals surface area contributed by atoms with Crippen molar-refractivity contribution in [1.29, 1.82) is 0 Å². The lowest BCUT2D eigenvalue weighted by atomic mass is 9.98. The smallest absolute Gasteiger partial charge is 0.194 e. The molecule has 2 aromatic rings. The Morgan fingerprint density at radius 1 is 1.14 bits per heavy atom. The molecule has 0 amide bonds. The van der Waals surface area contributed by atoms with Crippen LogP contribution in [-0.4, -0.2) is 6.61 Å². The van der Waals surface area contributed by atoms with E-state index in [0.29, 0.717) is 17.9 Å². The van der Waals surface area contributed by atoms with Gasteiger partial charge in [-0.05, 0) is 42.8 Å². The highest BCUT2D eigenvalue weighted by Gasteiger charge is 2.19. The van der Waals surface area contributed by atoms with E-state index in [2.05, 4.69) is 15.9 Å². The van der Waals surface area contributed by atoms with Crippen molar-refractivity contribution >= 4 is 15.9 Å². The average Bonchev–Trinajstić information content (AvgIpc) is 2.45. The molecule has 0 saturated carbocycles. The fraction of sp³-hybridized carbons (Fsp3) is 0.200. The molecule has 2 N–H and O–H groups in total. The largest absolute Gasteiger partial charge is 0.494 e. The molecule has 6 heteroatoms. The van der Waals surface area contributed by atoms with Crippen LogP contribution < -0.4 is 10.5 Å². The van der Waals surface area contributed by atoms with Crippen molar-refractivity contribution < 1.29 is 17.9 Å². The van der Waals surface area contributed by atoms with E-state index in [-0.39, 0.29) is 5.56 Å². The van der Waals surface area contributed by atoms with Gasteiger partial charge in [-0.25, -0.2) is 13.2 Å². The second-order valence-corrected chi connectivity index (χ2v) is 5.31. The fourth-order valence-corrected chi connectivity index (χ4v) is 2.36. The van der Waals surface area contributed by atoms with Crippen molar-refractivity contribution in [3.63, 3.8) is 0 Å². The first-order valence-corrected chi connectivity index (χ1v) is 7.05. The molecule has 0 aromatic heterocycles. The van der Waals surface area contributed by atoms with Crippen LogP contribution >= 0.6 is 15.9 Å². The van der Waals surface area contributed by atoms with Crippen molar-refractivity contribution in [2.24, 2.45) is 5.73 Å². The van der Waals surface area contributed by atoms with E-state index < -0.39 is 23.5 Å². The number of hydrogen-bond donors (Lipinski definition) is 1. The fourth-order valence-electron chi connectivity index (χ4n) is 1.98. The molecule has 0 spiro atoms.